The average molecular weight is 345 g/mol. The van der Waals surface area contributed by atoms with E-state index in [0.717, 1.165) is 0 Å². The average Bonchev–Trinajstić information content (AvgIpc) is 3.11. The first kappa shape index (κ1) is 18.5. The number of nitrogens with zero attached hydrogens (tertiary/aromatic N) is 2. The Hall–Kier alpha value is -2.83. The first-order valence-corrected chi connectivity index (χ1v) is 8.05. The molecular weight excluding hydrogens is 322 g/mol. The van der Waals surface area contributed by atoms with Gasteiger partial charge in [-0.3, -0.25) is 14.3 Å². The molecule has 0 aliphatic carbocycles. The van der Waals surface area contributed by atoms with E-state index in [4.69, 9.17) is 9.47 Å². The Morgan fingerprint density at radius 3 is 2.60 bits per heavy atom. The highest BCUT2D eigenvalue weighted by molar-refractivity contribution is 5.98. The van der Waals surface area contributed by atoms with Gasteiger partial charge in [-0.2, -0.15) is 5.10 Å². The fraction of sp³-hybridized carbons (Fsp3) is 0.389. The van der Waals surface area contributed by atoms with Crippen molar-refractivity contribution in [3.8, 4) is 11.5 Å². The van der Waals surface area contributed by atoms with Gasteiger partial charge >= 0.3 is 0 Å². The van der Waals surface area contributed by atoms with Crippen LogP contribution in [0.1, 0.15) is 30.1 Å². The standard InChI is InChI=1S/C18H23N3O4/c1-13(12-21-10-4-9-19-21)20-18(23)8-6-15(22)14-5-7-16(24-2)17(11-14)25-3/h4-5,7,9-11,13H,6,8,12H2,1-3H3,(H,20,23)/t13-/m0/s1. The highest BCUT2D eigenvalue weighted by Crippen LogP contribution is 2.28. The van der Waals surface area contributed by atoms with Crippen LogP contribution in [-0.2, 0) is 11.3 Å². The number of amides is 1. The summed E-state index contributed by atoms with van der Waals surface area (Å²) in [7, 11) is 3.05. The second-order valence-corrected chi connectivity index (χ2v) is 5.69. The highest BCUT2D eigenvalue weighted by Gasteiger charge is 2.14. The molecule has 1 aromatic heterocycles. The molecule has 0 radical (unpaired) electrons. The van der Waals surface area contributed by atoms with Crippen LogP contribution < -0.4 is 14.8 Å². The summed E-state index contributed by atoms with van der Waals surface area (Å²) >= 11 is 0. The lowest BCUT2D eigenvalue weighted by molar-refractivity contribution is -0.121. The van der Waals surface area contributed by atoms with Gasteiger partial charge in [0.1, 0.15) is 0 Å². The third kappa shape index (κ3) is 5.34. The van der Waals surface area contributed by atoms with E-state index in [1.165, 1.54) is 14.2 Å². The van der Waals surface area contributed by atoms with E-state index in [0.29, 0.717) is 23.6 Å². The lowest BCUT2D eigenvalue weighted by Crippen LogP contribution is -2.35. The zero-order valence-corrected chi connectivity index (χ0v) is 14.7. The van der Waals surface area contributed by atoms with Crippen molar-refractivity contribution in [1.29, 1.82) is 0 Å². The third-order valence-electron chi connectivity index (χ3n) is 3.71. The van der Waals surface area contributed by atoms with Crippen LogP contribution in [0, 0.1) is 0 Å². The van der Waals surface area contributed by atoms with E-state index in [9.17, 15) is 9.59 Å². The summed E-state index contributed by atoms with van der Waals surface area (Å²) in [6.45, 7) is 2.48. The molecule has 1 amide bonds. The zero-order chi connectivity index (χ0) is 18.2. The molecule has 0 saturated carbocycles. The number of nitrogens with one attached hydrogen (secondary N) is 1. The van der Waals surface area contributed by atoms with Gasteiger partial charge < -0.3 is 14.8 Å². The summed E-state index contributed by atoms with van der Waals surface area (Å²) in [5.41, 5.74) is 0.495. The maximum Gasteiger partial charge on any atom is 0.220 e. The predicted octanol–water partition coefficient (Wildman–Crippen LogP) is 2.07. The minimum Gasteiger partial charge on any atom is -0.493 e. The molecule has 0 unspecified atom stereocenters. The molecule has 2 aromatic rings. The van der Waals surface area contributed by atoms with E-state index >= 15 is 0 Å². The van der Waals surface area contributed by atoms with Crippen molar-refractivity contribution in [1.82, 2.24) is 15.1 Å². The van der Waals surface area contributed by atoms with Crippen LogP contribution in [0.5, 0.6) is 11.5 Å². The Balaban J connectivity index is 1.83. The van der Waals surface area contributed by atoms with Gasteiger partial charge in [0, 0.05) is 36.8 Å². The number of aromatic nitrogens is 2. The molecule has 7 heteroatoms. The molecule has 7 nitrogen and oxygen atoms in total. The van der Waals surface area contributed by atoms with Crippen LogP contribution in [0.3, 0.4) is 0 Å². The number of rotatable bonds is 9. The summed E-state index contributed by atoms with van der Waals surface area (Å²) in [4.78, 5) is 24.3. The minimum atomic E-state index is -0.159. The zero-order valence-electron chi connectivity index (χ0n) is 14.7. The predicted molar refractivity (Wildman–Crippen MR) is 92.9 cm³/mol. The maximum atomic E-state index is 12.3. The Bertz CT molecular complexity index is 713. The van der Waals surface area contributed by atoms with Gasteiger partial charge in [-0.15, -0.1) is 0 Å². The number of methoxy groups -OCH3 is 2. The van der Waals surface area contributed by atoms with E-state index in [1.807, 2.05) is 19.2 Å². The number of carbonyl (C=O) groups is 2. The van der Waals surface area contributed by atoms with Crippen molar-refractivity contribution in [2.24, 2.45) is 0 Å². The number of Topliss-reactive ketones (excluding diaryl/α,β-unsaturated/α-hetero) is 1. The Labute approximate surface area is 146 Å². The molecule has 1 heterocycles. The van der Waals surface area contributed by atoms with Gasteiger partial charge in [0.15, 0.2) is 17.3 Å². The van der Waals surface area contributed by atoms with Crippen molar-refractivity contribution >= 4 is 11.7 Å². The minimum absolute atomic E-state index is 0.0661. The van der Waals surface area contributed by atoms with E-state index in [1.54, 1.807) is 29.1 Å². The normalized spacial score (nSPS) is 11.6. The molecule has 0 spiro atoms. The smallest absolute Gasteiger partial charge is 0.220 e. The van der Waals surface area contributed by atoms with Crippen LogP contribution >= 0.6 is 0 Å². The number of benzene rings is 1. The van der Waals surface area contributed by atoms with Crippen molar-refractivity contribution < 1.29 is 19.1 Å². The van der Waals surface area contributed by atoms with Crippen LogP contribution in [0.15, 0.2) is 36.7 Å². The largest absolute Gasteiger partial charge is 0.493 e. The van der Waals surface area contributed by atoms with Crippen molar-refractivity contribution in [3.63, 3.8) is 0 Å². The van der Waals surface area contributed by atoms with E-state index in [-0.39, 0.29) is 30.6 Å². The SMILES string of the molecule is COc1ccc(C(=O)CCC(=O)N[C@@H](C)Cn2cccn2)cc1OC. The Morgan fingerprint density at radius 1 is 1.20 bits per heavy atom. The van der Waals surface area contributed by atoms with Crippen LogP contribution in [0.2, 0.25) is 0 Å². The number of hydrogen-bond acceptors (Lipinski definition) is 5. The monoisotopic (exact) mass is 345 g/mol. The lowest BCUT2D eigenvalue weighted by Gasteiger charge is -2.14. The second kappa shape index (κ2) is 8.86. The Morgan fingerprint density at radius 2 is 1.96 bits per heavy atom. The van der Waals surface area contributed by atoms with Crippen LogP contribution in [0.4, 0.5) is 0 Å². The van der Waals surface area contributed by atoms with Crippen molar-refractivity contribution in [3.05, 3.63) is 42.2 Å². The molecule has 1 atom stereocenters. The summed E-state index contributed by atoms with van der Waals surface area (Å²) in [5, 5.41) is 6.97. The van der Waals surface area contributed by atoms with Gasteiger partial charge in [-0.1, -0.05) is 0 Å². The van der Waals surface area contributed by atoms with E-state index < -0.39 is 0 Å². The number of ketones is 1. The first-order chi connectivity index (χ1) is 12.0. The fourth-order valence-corrected chi connectivity index (χ4v) is 2.46. The van der Waals surface area contributed by atoms with Crippen molar-refractivity contribution in [2.75, 3.05) is 14.2 Å². The number of ether oxygens (including phenoxy) is 2. The van der Waals surface area contributed by atoms with Gasteiger partial charge in [-0.05, 0) is 31.2 Å². The fourth-order valence-electron chi connectivity index (χ4n) is 2.46. The van der Waals surface area contributed by atoms with E-state index in [2.05, 4.69) is 10.4 Å². The molecule has 134 valence electrons. The highest BCUT2D eigenvalue weighted by atomic mass is 16.5. The second-order valence-electron chi connectivity index (χ2n) is 5.69. The molecule has 0 aliphatic rings. The molecule has 0 fully saturated rings. The van der Waals surface area contributed by atoms with Gasteiger partial charge in [0.2, 0.25) is 5.91 Å². The summed E-state index contributed by atoms with van der Waals surface area (Å²) in [6, 6.07) is 6.74. The van der Waals surface area contributed by atoms with Gasteiger partial charge in [0.25, 0.3) is 0 Å². The summed E-state index contributed by atoms with van der Waals surface area (Å²) < 4.78 is 12.1. The third-order valence-corrected chi connectivity index (χ3v) is 3.71. The molecule has 1 N–H and O–H groups in total. The summed E-state index contributed by atoms with van der Waals surface area (Å²) in [6.07, 6.45) is 3.80. The molecule has 2 rings (SSSR count). The molecule has 0 saturated heterocycles. The number of hydrogen-bond donors (Lipinski definition) is 1. The van der Waals surface area contributed by atoms with Crippen molar-refractivity contribution in [2.45, 2.75) is 32.4 Å². The van der Waals surface area contributed by atoms with Gasteiger partial charge in [-0.25, -0.2) is 0 Å². The van der Waals surface area contributed by atoms with Crippen LogP contribution in [0.25, 0.3) is 0 Å². The quantitative estimate of drug-likeness (QED) is 0.704. The summed E-state index contributed by atoms with van der Waals surface area (Å²) in [5.74, 6) is 0.777. The van der Waals surface area contributed by atoms with Crippen LogP contribution in [-0.4, -0.2) is 41.7 Å². The Kier molecular flexibility index (Phi) is 6.56. The topological polar surface area (TPSA) is 82.5 Å². The molecule has 25 heavy (non-hydrogen) atoms. The first-order valence-electron chi connectivity index (χ1n) is 8.05. The van der Waals surface area contributed by atoms with Gasteiger partial charge in [0.05, 0.1) is 20.8 Å². The number of carbonyl (C=O) groups excluding carboxylic acids is 2. The molecule has 1 aromatic carbocycles. The molecule has 0 bridgehead atoms. The molecular formula is C18H23N3O4. The lowest BCUT2D eigenvalue weighted by atomic mass is 10.1. The maximum absolute atomic E-state index is 12.3. The molecule has 0 aliphatic heterocycles.